The molecule has 4 aliphatic rings. The predicted octanol–water partition coefficient (Wildman–Crippen LogP) is 0.449. The van der Waals surface area contributed by atoms with E-state index in [0.717, 1.165) is 44.9 Å². The van der Waals surface area contributed by atoms with Gasteiger partial charge in [-0.2, -0.15) is 0 Å². The van der Waals surface area contributed by atoms with Crippen LogP contribution in [0.4, 0.5) is 10.6 Å². The highest BCUT2D eigenvalue weighted by Crippen LogP contribution is 2.33. The first kappa shape index (κ1) is 25.8. The van der Waals surface area contributed by atoms with Crippen LogP contribution in [0, 0.1) is 17.8 Å². The van der Waals surface area contributed by atoms with Crippen molar-refractivity contribution in [3.8, 4) is 11.8 Å². The molecule has 6 rings (SSSR count). The van der Waals surface area contributed by atoms with Crippen LogP contribution in [0.5, 0.6) is 0 Å². The van der Waals surface area contributed by atoms with Crippen LogP contribution in [-0.2, 0) is 14.3 Å². The zero-order valence-corrected chi connectivity index (χ0v) is 21.5. The Morgan fingerprint density at radius 2 is 1.90 bits per heavy atom. The number of anilines is 1. The fraction of sp³-hybridized carbons (Fsp3) is 0.654. The highest BCUT2D eigenvalue weighted by molar-refractivity contribution is 5.83. The summed E-state index contributed by atoms with van der Waals surface area (Å²) in [6.45, 7) is 1.31. The first-order chi connectivity index (χ1) is 18.9. The number of nitrogen functional groups attached to an aromatic ring is 1. The molecule has 2 aromatic rings. The van der Waals surface area contributed by atoms with Crippen molar-refractivity contribution in [2.24, 2.45) is 5.92 Å². The predicted molar refractivity (Wildman–Crippen MR) is 137 cm³/mol. The highest BCUT2D eigenvalue weighted by atomic mass is 16.6. The number of imidazole rings is 1. The second-order valence-electron chi connectivity index (χ2n) is 10.8. The summed E-state index contributed by atoms with van der Waals surface area (Å²) in [7, 11) is 0. The number of ether oxygens (including phenoxy) is 2. The molecule has 2 saturated carbocycles. The van der Waals surface area contributed by atoms with Gasteiger partial charge in [0.05, 0.1) is 6.33 Å². The molecule has 1 unspecified atom stereocenters. The number of nitrogens with two attached hydrogens (primary N) is 1. The molecule has 4 heterocycles. The Morgan fingerprint density at radius 1 is 1.13 bits per heavy atom. The molecular weight excluding hydrogens is 506 g/mol. The number of rotatable bonds is 5. The number of carbonyl (C=O) groups is 2. The fourth-order valence-corrected chi connectivity index (χ4v) is 5.10. The molecule has 4 fully saturated rings. The van der Waals surface area contributed by atoms with E-state index >= 15 is 0 Å². The van der Waals surface area contributed by atoms with Crippen LogP contribution in [0.2, 0.25) is 0 Å². The van der Waals surface area contributed by atoms with Gasteiger partial charge in [-0.25, -0.2) is 19.7 Å². The molecule has 2 aromatic heterocycles. The summed E-state index contributed by atoms with van der Waals surface area (Å²) < 4.78 is 12.7. The smallest absolute Gasteiger partial charge is 0.410 e. The van der Waals surface area contributed by atoms with Gasteiger partial charge in [-0.3, -0.25) is 9.36 Å². The maximum Gasteiger partial charge on any atom is 0.410 e. The largest absolute Gasteiger partial charge is 0.446 e. The van der Waals surface area contributed by atoms with Crippen LogP contribution in [0.3, 0.4) is 0 Å². The summed E-state index contributed by atoms with van der Waals surface area (Å²) in [5, 5.41) is 23.9. The second-order valence-corrected chi connectivity index (χ2v) is 10.8. The summed E-state index contributed by atoms with van der Waals surface area (Å²) >= 11 is 0. The first-order valence-corrected chi connectivity index (χ1v) is 13.6. The molecule has 13 heteroatoms. The molecular formula is C26H33N7O6. The zero-order valence-electron chi connectivity index (χ0n) is 21.5. The Hall–Kier alpha value is -3.47. The Kier molecular flexibility index (Phi) is 7.01. The minimum Gasteiger partial charge on any atom is -0.446 e. The van der Waals surface area contributed by atoms with E-state index in [-0.39, 0.29) is 35.5 Å². The molecule has 4 atom stereocenters. The molecule has 2 amide bonds. The lowest BCUT2D eigenvalue weighted by atomic mass is 9.94. The van der Waals surface area contributed by atoms with Crippen molar-refractivity contribution in [1.29, 1.82) is 0 Å². The number of hydrogen-bond donors (Lipinski definition) is 4. The van der Waals surface area contributed by atoms with E-state index in [1.165, 1.54) is 10.9 Å². The third-order valence-corrected chi connectivity index (χ3v) is 7.93. The lowest BCUT2D eigenvalue weighted by Crippen LogP contribution is -2.43. The van der Waals surface area contributed by atoms with Crippen molar-refractivity contribution < 1.29 is 29.3 Å². The number of piperidine rings is 1. The third kappa shape index (κ3) is 5.36. The van der Waals surface area contributed by atoms with Gasteiger partial charge in [0.25, 0.3) is 5.91 Å². The van der Waals surface area contributed by atoms with Crippen molar-refractivity contribution in [2.75, 3.05) is 18.8 Å². The maximum atomic E-state index is 12.5. The number of aliphatic hydroxyl groups excluding tert-OH is 2. The summed E-state index contributed by atoms with van der Waals surface area (Å²) in [4.78, 5) is 39.5. The zero-order chi connectivity index (χ0) is 27.1. The first-order valence-electron chi connectivity index (χ1n) is 13.6. The summed E-state index contributed by atoms with van der Waals surface area (Å²) in [6.07, 6.45) is 3.33. The number of carbonyl (C=O) groups excluding carboxylic acids is 2. The van der Waals surface area contributed by atoms with Crippen LogP contribution in [-0.4, -0.2) is 90.2 Å². The van der Waals surface area contributed by atoms with Crippen LogP contribution in [0.15, 0.2) is 6.33 Å². The van der Waals surface area contributed by atoms with Crippen molar-refractivity contribution >= 4 is 29.0 Å². The number of fused-ring (bicyclic) bond motifs is 1. The number of nitrogens with zero attached hydrogens (tertiary/aromatic N) is 5. The minimum absolute atomic E-state index is 0.0870. The van der Waals surface area contributed by atoms with Gasteiger partial charge in [-0.15, -0.1) is 0 Å². The molecule has 2 aliphatic carbocycles. The average Bonchev–Trinajstić information content (AvgIpc) is 3.53. The lowest BCUT2D eigenvalue weighted by Gasteiger charge is -2.33. The molecule has 0 radical (unpaired) electrons. The molecule has 39 heavy (non-hydrogen) atoms. The molecule has 0 aromatic carbocycles. The minimum atomic E-state index is -1.41. The molecule has 208 valence electrons. The van der Waals surface area contributed by atoms with Crippen LogP contribution >= 0.6 is 0 Å². The molecule has 2 saturated heterocycles. The lowest BCUT2D eigenvalue weighted by molar-refractivity contribution is -0.137. The quantitative estimate of drug-likeness (QED) is 0.390. The van der Waals surface area contributed by atoms with E-state index in [1.54, 1.807) is 4.90 Å². The number of aliphatic hydroxyl groups is 2. The van der Waals surface area contributed by atoms with Crippen LogP contribution in [0.25, 0.3) is 11.2 Å². The van der Waals surface area contributed by atoms with E-state index in [1.807, 2.05) is 0 Å². The average molecular weight is 540 g/mol. The van der Waals surface area contributed by atoms with E-state index in [2.05, 4.69) is 32.1 Å². The van der Waals surface area contributed by atoms with Gasteiger partial charge < -0.3 is 35.6 Å². The van der Waals surface area contributed by atoms with Crippen molar-refractivity contribution in [2.45, 2.75) is 88.1 Å². The standard InChI is InChI=1S/C26H33N7O6/c27-22-18-23(33(13-28-18)25-20(35)19(34)21(39-25)24(36)29-15-7-8-15)31-17(30-22)6-1-3-14-9-11-32(12-10-14)26(37)38-16-4-2-5-16/h13-16,19-21,25,34-35H,2-5,7-12H2,(H,29,36)(H2,27,30,31)/t19?,20-,21-,25+/m0/s1. The number of hydrogen-bond acceptors (Lipinski definition) is 10. The Morgan fingerprint density at radius 3 is 2.59 bits per heavy atom. The van der Waals surface area contributed by atoms with Crippen LogP contribution < -0.4 is 11.1 Å². The fourth-order valence-electron chi connectivity index (χ4n) is 5.10. The van der Waals surface area contributed by atoms with Gasteiger partial charge in [-0.05, 0) is 56.8 Å². The number of amides is 2. The number of aromatic nitrogens is 4. The maximum absolute atomic E-state index is 12.5. The van der Waals surface area contributed by atoms with Crippen molar-refractivity contribution in [3.05, 3.63) is 12.2 Å². The summed E-state index contributed by atoms with van der Waals surface area (Å²) in [5.41, 5.74) is 6.70. The summed E-state index contributed by atoms with van der Waals surface area (Å²) in [5.74, 6) is 6.30. The van der Waals surface area contributed by atoms with Gasteiger partial charge >= 0.3 is 6.09 Å². The SMILES string of the molecule is Nc1nc(C#CCC2CCN(C(=O)OC3CCC3)CC2)nc2c1ncn2[C@@H]1O[C@H](C(=O)NC2CC2)C(O)[C@@H]1O. The highest BCUT2D eigenvalue weighted by Gasteiger charge is 2.48. The van der Waals surface area contributed by atoms with Gasteiger partial charge in [-0.1, -0.05) is 5.92 Å². The molecule has 0 bridgehead atoms. The monoisotopic (exact) mass is 539 g/mol. The van der Waals surface area contributed by atoms with Crippen molar-refractivity contribution in [1.82, 2.24) is 29.7 Å². The summed E-state index contributed by atoms with van der Waals surface area (Å²) in [6, 6.07) is 0.0910. The Bertz CT molecular complexity index is 1310. The van der Waals surface area contributed by atoms with Gasteiger partial charge in [0.1, 0.15) is 23.8 Å². The normalized spacial score (nSPS) is 27.6. The van der Waals surface area contributed by atoms with Crippen molar-refractivity contribution in [3.63, 3.8) is 0 Å². The Balaban J connectivity index is 1.10. The van der Waals surface area contributed by atoms with E-state index < -0.39 is 30.4 Å². The second kappa shape index (κ2) is 10.6. The molecule has 0 spiro atoms. The van der Waals surface area contributed by atoms with Gasteiger partial charge in [0.2, 0.25) is 5.82 Å². The van der Waals surface area contributed by atoms with Gasteiger partial charge in [0.15, 0.2) is 23.8 Å². The third-order valence-electron chi connectivity index (χ3n) is 7.93. The number of nitrogens with one attached hydrogen (secondary N) is 1. The molecule has 13 nitrogen and oxygen atoms in total. The number of likely N-dealkylation sites (tertiary alicyclic amines) is 1. The van der Waals surface area contributed by atoms with E-state index in [9.17, 15) is 19.8 Å². The van der Waals surface area contributed by atoms with Gasteiger partial charge in [0, 0.05) is 25.6 Å². The Labute approximate surface area is 225 Å². The van der Waals surface area contributed by atoms with Crippen LogP contribution in [0.1, 0.15) is 63.4 Å². The van der Waals surface area contributed by atoms with E-state index in [4.69, 9.17) is 15.2 Å². The molecule has 5 N–H and O–H groups in total. The van der Waals surface area contributed by atoms with E-state index in [0.29, 0.717) is 30.9 Å². The topological polar surface area (TPSA) is 178 Å². The molecule has 2 aliphatic heterocycles.